The fourth-order valence-electron chi connectivity index (χ4n) is 2.84. The number of carbonyl (C=O) groups is 1. The SMILES string of the molecule is Cc1cc(Cl)ccc1Nc1ncc(C(=O)Nc2ccccc2C(C)(C)C)cn1. The molecule has 2 aromatic carbocycles. The van der Waals surface area contributed by atoms with E-state index in [0.29, 0.717) is 16.5 Å². The summed E-state index contributed by atoms with van der Waals surface area (Å²) in [5.41, 5.74) is 4.02. The molecule has 0 unspecified atom stereocenters. The highest BCUT2D eigenvalue weighted by Gasteiger charge is 2.19. The van der Waals surface area contributed by atoms with Crippen molar-refractivity contribution < 1.29 is 4.79 Å². The topological polar surface area (TPSA) is 66.9 Å². The molecule has 0 fully saturated rings. The van der Waals surface area contributed by atoms with Gasteiger partial charge in [0.1, 0.15) is 0 Å². The van der Waals surface area contributed by atoms with Gasteiger partial charge in [-0.25, -0.2) is 9.97 Å². The van der Waals surface area contributed by atoms with Crippen molar-refractivity contribution in [1.29, 1.82) is 0 Å². The van der Waals surface area contributed by atoms with Crippen molar-refractivity contribution in [1.82, 2.24) is 9.97 Å². The molecule has 6 heteroatoms. The minimum absolute atomic E-state index is 0.0788. The van der Waals surface area contributed by atoms with E-state index in [4.69, 9.17) is 11.6 Å². The van der Waals surface area contributed by atoms with Crippen LogP contribution >= 0.6 is 11.6 Å². The number of amides is 1. The van der Waals surface area contributed by atoms with E-state index >= 15 is 0 Å². The Balaban J connectivity index is 1.74. The van der Waals surface area contributed by atoms with Crippen molar-refractivity contribution in [3.05, 3.63) is 76.6 Å². The molecule has 1 amide bonds. The summed E-state index contributed by atoms with van der Waals surface area (Å²) in [6.07, 6.45) is 3.02. The third kappa shape index (κ3) is 4.67. The van der Waals surface area contributed by atoms with Crippen molar-refractivity contribution in [2.75, 3.05) is 10.6 Å². The molecular formula is C22H23ClN4O. The molecule has 2 N–H and O–H groups in total. The second-order valence-corrected chi connectivity index (χ2v) is 8.07. The molecule has 1 heterocycles. The quantitative estimate of drug-likeness (QED) is 0.592. The lowest BCUT2D eigenvalue weighted by atomic mass is 9.86. The van der Waals surface area contributed by atoms with E-state index in [0.717, 1.165) is 22.5 Å². The van der Waals surface area contributed by atoms with Crippen LogP contribution in [0.25, 0.3) is 0 Å². The molecule has 144 valence electrons. The third-order valence-electron chi connectivity index (χ3n) is 4.33. The number of carbonyl (C=O) groups excluding carboxylic acids is 1. The number of nitrogens with one attached hydrogen (secondary N) is 2. The zero-order valence-corrected chi connectivity index (χ0v) is 17.1. The lowest BCUT2D eigenvalue weighted by Gasteiger charge is -2.23. The Morgan fingerprint density at radius 1 is 1.00 bits per heavy atom. The van der Waals surface area contributed by atoms with Gasteiger partial charge in [0.2, 0.25) is 5.95 Å². The van der Waals surface area contributed by atoms with Crippen LogP contribution < -0.4 is 10.6 Å². The van der Waals surface area contributed by atoms with Gasteiger partial charge in [-0.05, 0) is 47.7 Å². The van der Waals surface area contributed by atoms with Gasteiger partial charge in [-0.1, -0.05) is 50.6 Å². The summed E-state index contributed by atoms with van der Waals surface area (Å²) in [6.45, 7) is 8.28. The van der Waals surface area contributed by atoms with Crippen LogP contribution in [0, 0.1) is 6.92 Å². The van der Waals surface area contributed by atoms with Crippen LogP contribution in [0.2, 0.25) is 5.02 Å². The monoisotopic (exact) mass is 394 g/mol. The maximum Gasteiger partial charge on any atom is 0.258 e. The Morgan fingerprint density at radius 2 is 1.68 bits per heavy atom. The first-order valence-electron chi connectivity index (χ1n) is 9.00. The Hall–Kier alpha value is -2.92. The van der Waals surface area contributed by atoms with E-state index in [9.17, 15) is 4.79 Å². The summed E-state index contributed by atoms with van der Waals surface area (Å²) in [5, 5.41) is 6.77. The van der Waals surface area contributed by atoms with Crippen LogP contribution in [0.1, 0.15) is 42.3 Å². The van der Waals surface area contributed by atoms with Gasteiger partial charge in [-0.3, -0.25) is 4.79 Å². The zero-order chi connectivity index (χ0) is 20.3. The summed E-state index contributed by atoms with van der Waals surface area (Å²) >= 11 is 5.98. The molecule has 28 heavy (non-hydrogen) atoms. The number of hydrogen-bond acceptors (Lipinski definition) is 4. The first-order valence-corrected chi connectivity index (χ1v) is 9.38. The molecule has 0 saturated carbocycles. The molecular weight excluding hydrogens is 372 g/mol. The highest BCUT2D eigenvalue weighted by atomic mass is 35.5. The van der Waals surface area contributed by atoms with Gasteiger partial charge in [0.25, 0.3) is 5.91 Å². The number of nitrogens with zero attached hydrogens (tertiary/aromatic N) is 2. The van der Waals surface area contributed by atoms with Gasteiger partial charge >= 0.3 is 0 Å². The molecule has 3 aromatic rings. The second kappa shape index (κ2) is 7.98. The summed E-state index contributed by atoms with van der Waals surface area (Å²) in [6, 6.07) is 13.3. The Kier molecular flexibility index (Phi) is 5.66. The van der Waals surface area contributed by atoms with Gasteiger partial charge in [-0.2, -0.15) is 0 Å². The lowest BCUT2D eigenvalue weighted by Crippen LogP contribution is -2.19. The van der Waals surface area contributed by atoms with Crippen LogP contribution in [0.15, 0.2) is 54.9 Å². The Morgan fingerprint density at radius 3 is 2.32 bits per heavy atom. The maximum absolute atomic E-state index is 12.6. The first-order chi connectivity index (χ1) is 13.2. The standard InChI is InChI=1S/C22H23ClN4O/c1-14-11-16(23)9-10-18(14)27-21-24-12-15(13-25-21)20(28)26-19-8-6-5-7-17(19)22(2,3)4/h5-13H,1-4H3,(H,26,28)(H,24,25,27). The Labute approximate surface area is 170 Å². The number of aromatic nitrogens is 2. The molecule has 0 saturated heterocycles. The van der Waals surface area contributed by atoms with E-state index in [2.05, 4.69) is 41.4 Å². The third-order valence-corrected chi connectivity index (χ3v) is 4.57. The fraction of sp³-hybridized carbons (Fsp3) is 0.227. The van der Waals surface area contributed by atoms with Crippen molar-refractivity contribution in [3.63, 3.8) is 0 Å². The normalized spacial score (nSPS) is 11.2. The number of para-hydroxylation sites is 1. The number of benzene rings is 2. The average Bonchev–Trinajstić information content (AvgIpc) is 2.64. The predicted molar refractivity (Wildman–Crippen MR) is 115 cm³/mol. The van der Waals surface area contributed by atoms with Gasteiger partial charge in [0.15, 0.2) is 0 Å². The molecule has 0 aliphatic heterocycles. The largest absolute Gasteiger partial charge is 0.324 e. The highest BCUT2D eigenvalue weighted by Crippen LogP contribution is 2.29. The van der Waals surface area contributed by atoms with Gasteiger partial charge in [0, 0.05) is 28.8 Å². The number of halogens is 1. The van der Waals surface area contributed by atoms with Gasteiger partial charge < -0.3 is 10.6 Å². The van der Waals surface area contributed by atoms with Crippen LogP contribution in [0.3, 0.4) is 0 Å². The predicted octanol–water partition coefficient (Wildman–Crippen LogP) is 5.73. The van der Waals surface area contributed by atoms with Crippen LogP contribution in [0.4, 0.5) is 17.3 Å². The summed E-state index contributed by atoms with van der Waals surface area (Å²) in [7, 11) is 0. The summed E-state index contributed by atoms with van der Waals surface area (Å²) in [4.78, 5) is 21.1. The number of rotatable bonds is 4. The maximum atomic E-state index is 12.6. The molecule has 0 aliphatic carbocycles. The molecule has 1 aromatic heterocycles. The van der Waals surface area contributed by atoms with Gasteiger partial charge in [0.05, 0.1) is 5.56 Å². The molecule has 0 bridgehead atoms. The van der Waals surface area contributed by atoms with Crippen molar-refractivity contribution in [3.8, 4) is 0 Å². The van der Waals surface area contributed by atoms with Crippen molar-refractivity contribution >= 4 is 34.8 Å². The molecule has 0 aliphatic rings. The molecule has 0 radical (unpaired) electrons. The number of anilines is 3. The van der Waals surface area contributed by atoms with Gasteiger partial charge in [-0.15, -0.1) is 0 Å². The van der Waals surface area contributed by atoms with E-state index in [1.807, 2.05) is 43.3 Å². The molecule has 0 spiro atoms. The Bertz CT molecular complexity index is 994. The minimum atomic E-state index is -0.245. The molecule has 5 nitrogen and oxygen atoms in total. The van der Waals surface area contributed by atoms with Crippen LogP contribution in [0.5, 0.6) is 0 Å². The smallest absolute Gasteiger partial charge is 0.258 e. The highest BCUT2D eigenvalue weighted by molar-refractivity contribution is 6.30. The fourth-order valence-corrected chi connectivity index (χ4v) is 3.06. The average molecular weight is 395 g/mol. The first kappa shape index (κ1) is 19.8. The molecule has 3 rings (SSSR count). The number of hydrogen-bond donors (Lipinski definition) is 2. The molecule has 0 atom stereocenters. The van der Waals surface area contributed by atoms with E-state index in [1.54, 1.807) is 6.07 Å². The summed E-state index contributed by atoms with van der Waals surface area (Å²) < 4.78 is 0. The number of aryl methyl sites for hydroxylation is 1. The zero-order valence-electron chi connectivity index (χ0n) is 16.4. The van der Waals surface area contributed by atoms with Crippen LogP contribution in [-0.2, 0) is 5.41 Å². The van der Waals surface area contributed by atoms with Crippen molar-refractivity contribution in [2.24, 2.45) is 0 Å². The van der Waals surface area contributed by atoms with Crippen molar-refractivity contribution in [2.45, 2.75) is 33.1 Å². The minimum Gasteiger partial charge on any atom is -0.324 e. The van der Waals surface area contributed by atoms with Crippen LogP contribution in [-0.4, -0.2) is 15.9 Å². The lowest BCUT2D eigenvalue weighted by molar-refractivity contribution is 0.102. The summed E-state index contributed by atoms with van der Waals surface area (Å²) in [5.74, 6) is 0.169. The second-order valence-electron chi connectivity index (χ2n) is 7.63. The van der Waals surface area contributed by atoms with E-state index < -0.39 is 0 Å². The van der Waals surface area contributed by atoms with E-state index in [1.165, 1.54) is 12.4 Å². The van der Waals surface area contributed by atoms with E-state index in [-0.39, 0.29) is 11.3 Å².